The molecule has 3 amide bonds. The number of alkyl halides is 3. The predicted octanol–water partition coefficient (Wildman–Crippen LogP) is 7.62. The van der Waals surface area contributed by atoms with Gasteiger partial charge in [-0.15, -0.1) is 0 Å². The Morgan fingerprint density at radius 1 is 1.00 bits per heavy atom. The van der Waals surface area contributed by atoms with Gasteiger partial charge in [0.1, 0.15) is 12.9 Å². The summed E-state index contributed by atoms with van der Waals surface area (Å²) in [5.74, 6) is -0.404. The van der Waals surface area contributed by atoms with Crippen molar-refractivity contribution in [3.63, 3.8) is 0 Å². The maximum Gasteiger partial charge on any atom is 0.405 e. The number of amides is 3. The van der Waals surface area contributed by atoms with Crippen LogP contribution in [-0.4, -0.2) is 46.5 Å². The number of hydrogen-bond donors (Lipinski definition) is 3. The largest absolute Gasteiger partial charge is 0.405 e. The molecule has 0 radical (unpaired) electrons. The van der Waals surface area contributed by atoms with Gasteiger partial charge in [-0.2, -0.15) is 13.2 Å². The number of aromatic nitrogens is 2. The Kier molecular flexibility index (Phi) is 11.8. The first-order chi connectivity index (χ1) is 21.0. The number of urea groups is 1. The Morgan fingerprint density at radius 3 is 2.39 bits per heavy atom. The minimum atomic E-state index is -4.49. The van der Waals surface area contributed by atoms with Crippen molar-refractivity contribution in [3.05, 3.63) is 90.9 Å². The molecule has 0 spiro atoms. The Balaban J connectivity index is 0.00000259. The van der Waals surface area contributed by atoms with Gasteiger partial charge < -0.3 is 16.0 Å². The number of nitrogens with one attached hydrogen (secondary N) is 3. The minimum absolute atomic E-state index is 0.0778. The third-order valence-electron chi connectivity index (χ3n) is 6.48. The monoisotopic (exact) mass is 606 g/mol. The van der Waals surface area contributed by atoms with Crippen molar-refractivity contribution in [1.82, 2.24) is 20.2 Å². The van der Waals surface area contributed by atoms with Crippen LogP contribution in [0.1, 0.15) is 46.1 Å². The first-order valence-corrected chi connectivity index (χ1v) is 14.3. The Hall–Kier alpha value is -4.93. The second-order valence-corrected chi connectivity index (χ2v) is 9.70. The van der Waals surface area contributed by atoms with E-state index in [1.807, 2.05) is 87.7 Å². The van der Waals surface area contributed by atoms with E-state index in [4.69, 9.17) is 0 Å². The zero-order chi connectivity index (χ0) is 32.3. The number of rotatable bonds is 9. The molecule has 8 nitrogen and oxygen atoms in total. The molecule has 44 heavy (non-hydrogen) atoms. The van der Waals surface area contributed by atoms with Crippen molar-refractivity contribution in [3.8, 4) is 16.8 Å². The zero-order valence-electron chi connectivity index (χ0n) is 25.4. The van der Waals surface area contributed by atoms with Crippen LogP contribution < -0.4 is 16.0 Å². The van der Waals surface area contributed by atoms with Gasteiger partial charge in [0.25, 0.3) is 0 Å². The predicted molar refractivity (Wildman–Crippen MR) is 170 cm³/mol. The molecule has 1 unspecified atom stereocenters. The summed E-state index contributed by atoms with van der Waals surface area (Å²) in [7, 11) is 0. The average Bonchev–Trinajstić information content (AvgIpc) is 3.45. The highest BCUT2D eigenvalue weighted by molar-refractivity contribution is 5.91. The topological polar surface area (TPSA) is 100 Å². The Morgan fingerprint density at radius 2 is 1.70 bits per heavy atom. The van der Waals surface area contributed by atoms with Gasteiger partial charge in [0.2, 0.25) is 5.91 Å². The molecule has 0 aliphatic heterocycles. The summed E-state index contributed by atoms with van der Waals surface area (Å²) in [6.07, 6.45) is 0.671. The van der Waals surface area contributed by atoms with Crippen molar-refractivity contribution in [2.75, 3.05) is 18.4 Å². The molecule has 0 saturated heterocycles. The molecule has 3 aromatic carbocycles. The van der Waals surface area contributed by atoms with Crippen LogP contribution in [0.25, 0.3) is 27.8 Å². The molecule has 11 heteroatoms. The lowest BCUT2D eigenvalue weighted by Gasteiger charge is -2.13. The van der Waals surface area contributed by atoms with E-state index < -0.39 is 18.8 Å². The summed E-state index contributed by atoms with van der Waals surface area (Å²) in [6.45, 7) is 8.57. The summed E-state index contributed by atoms with van der Waals surface area (Å²) < 4.78 is 38.9. The van der Waals surface area contributed by atoms with Gasteiger partial charge in [0, 0.05) is 23.3 Å². The zero-order valence-corrected chi connectivity index (χ0v) is 25.4. The van der Waals surface area contributed by atoms with E-state index in [0.717, 1.165) is 33.4 Å². The van der Waals surface area contributed by atoms with Crippen molar-refractivity contribution in [2.24, 2.45) is 4.99 Å². The van der Waals surface area contributed by atoms with Gasteiger partial charge in [-0.05, 0) is 67.8 Å². The molecule has 0 saturated carbocycles. The second kappa shape index (κ2) is 15.5. The third-order valence-corrected chi connectivity index (χ3v) is 6.48. The number of imidazole rings is 1. The Labute approximate surface area is 255 Å². The van der Waals surface area contributed by atoms with E-state index in [-0.39, 0.29) is 11.8 Å². The highest BCUT2D eigenvalue weighted by atomic mass is 19.4. The summed E-state index contributed by atoms with van der Waals surface area (Å²) in [6, 6.07) is 19.4. The molecule has 1 atom stereocenters. The lowest BCUT2D eigenvalue weighted by Crippen LogP contribution is -2.36. The lowest BCUT2D eigenvalue weighted by molar-refractivity contribution is -0.123. The summed E-state index contributed by atoms with van der Waals surface area (Å²) in [5, 5.41) is 7.12. The number of benzene rings is 3. The molecular formula is C33H37F3N6O2. The number of fused-ring (bicyclic) bond motifs is 1. The van der Waals surface area contributed by atoms with Crippen LogP contribution in [0.5, 0.6) is 0 Å². The van der Waals surface area contributed by atoms with Crippen molar-refractivity contribution < 1.29 is 22.8 Å². The van der Waals surface area contributed by atoms with Gasteiger partial charge in [0.15, 0.2) is 0 Å². The summed E-state index contributed by atoms with van der Waals surface area (Å²) in [4.78, 5) is 33.2. The molecule has 232 valence electrons. The fraction of sp³-hybridized carbons (Fsp3) is 0.273. The van der Waals surface area contributed by atoms with Crippen LogP contribution in [0.4, 0.5) is 23.7 Å². The number of carbonyl (C=O) groups is 2. The smallest absolute Gasteiger partial charge is 0.350 e. The van der Waals surface area contributed by atoms with E-state index in [0.29, 0.717) is 17.9 Å². The van der Waals surface area contributed by atoms with Crippen LogP contribution >= 0.6 is 0 Å². The number of allylic oxidation sites excluding steroid dienone is 1. The fourth-order valence-corrected chi connectivity index (χ4v) is 4.22. The van der Waals surface area contributed by atoms with E-state index in [1.54, 1.807) is 42.1 Å². The molecule has 0 aliphatic carbocycles. The van der Waals surface area contributed by atoms with Crippen LogP contribution in [0, 0.1) is 0 Å². The molecule has 1 heterocycles. The molecule has 3 N–H and O–H groups in total. The molecule has 4 rings (SSSR count). The van der Waals surface area contributed by atoms with Crippen molar-refractivity contribution in [2.45, 2.75) is 46.7 Å². The van der Waals surface area contributed by atoms with E-state index in [9.17, 15) is 22.8 Å². The first kappa shape index (κ1) is 33.6. The third kappa shape index (κ3) is 9.29. The van der Waals surface area contributed by atoms with Gasteiger partial charge in [0.05, 0.1) is 23.5 Å². The normalized spacial score (nSPS) is 12.4. The fourth-order valence-electron chi connectivity index (χ4n) is 4.22. The minimum Gasteiger partial charge on any atom is -0.350 e. The maximum atomic E-state index is 12.6. The molecule has 0 bridgehead atoms. The van der Waals surface area contributed by atoms with Crippen molar-refractivity contribution >= 4 is 34.4 Å². The van der Waals surface area contributed by atoms with Crippen LogP contribution in [0.2, 0.25) is 0 Å². The van der Waals surface area contributed by atoms with Gasteiger partial charge in [-0.3, -0.25) is 14.4 Å². The number of halogens is 3. The second-order valence-electron chi connectivity index (χ2n) is 9.70. The number of carbonyl (C=O) groups excluding carboxylic acids is 2. The van der Waals surface area contributed by atoms with Crippen LogP contribution in [0.3, 0.4) is 0 Å². The van der Waals surface area contributed by atoms with E-state index in [1.165, 1.54) is 0 Å². The van der Waals surface area contributed by atoms with Crippen molar-refractivity contribution in [1.29, 1.82) is 0 Å². The SMILES string of the molecule is C/C=C\N=C(C)CNC(=O)C(C)c1ccc(-c2ccc3c(c2)ncn3-c2cccc(NC(=O)NCC(F)(F)F)c2)cc1.CC. The molecular weight excluding hydrogens is 569 g/mol. The maximum absolute atomic E-state index is 12.6. The van der Waals surface area contributed by atoms with Gasteiger partial charge in [-0.1, -0.05) is 56.3 Å². The average molecular weight is 607 g/mol. The van der Waals surface area contributed by atoms with Crippen LogP contribution in [-0.2, 0) is 4.79 Å². The van der Waals surface area contributed by atoms with E-state index >= 15 is 0 Å². The number of nitrogens with zero attached hydrogens (tertiary/aromatic N) is 3. The number of anilines is 1. The molecule has 1 aromatic heterocycles. The standard InChI is InChI=1S/C31H31F3N6O2.C2H6/c1-4-14-35-20(2)17-36-29(41)21(3)22-8-10-23(11-9-22)24-12-13-28-27(15-24)38-19-40(28)26-7-5-6-25(16-26)39-30(42)37-18-31(32,33)34;1-2/h4-16,19,21H,17-18H2,1-3H3,(H,36,41)(H2,37,39,42);1-2H3/b14-4-,35-20?;. The molecule has 0 aliphatic rings. The van der Waals surface area contributed by atoms with Gasteiger partial charge >= 0.3 is 12.2 Å². The first-order valence-electron chi connectivity index (χ1n) is 14.3. The summed E-state index contributed by atoms with van der Waals surface area (Å²) >= 11 is 0. The van der Waals surface area contributed by atoms with Gasteiger partial charge in [-0.25, -0.2) is 9.78 Å². The Bertz CT molecular complexity index is 1620. The number of hydrogen-bond acceptors (Lipinski definition) is 4. The quantitative estimate of drug-likeness (QED) is 0.171. The lowest BCUT2D eigenvalue weighted by atomic mass is 9.96. The number of aliphatic imine (C=N–C) groups is 1. The summed E-state index contributed by atoms with van der Waals surface area (Å²) in [5.41, 5.74) is 6.19. The highest BCUT2D eigenvalue weighted by Crippen LogP contribution is 2.28. The molecule has 4 aromatic rings. The van der Waals surface area contributed by atoms with Crippen LogP contribution in [0.15, 0.2) is 90.3 Å². The highest BCUT2D eigenvalue weighted by Gasteiger charge is 2.27. The molecule has 0 fully saturated rings. The van der Waals surface area contributed by atoms with E-state index in [2.05, 4.69) is 20.6 Å².